The van der Waals surface area contributed by atoms with Crippen molar-refractivity contribution in [3.05, 3.63) is 71.2 Å². The molecule has 0 radical (unpaired) electrons. The van der Waals surface area contributed by atoms with Gasteiger partial charge in [-0.05, 0) is 106 Å². The van der Waals surface area contributed by atoms with E-state index in [9.17, 15) is 9.59 Å². The standard InChI is InChI=1S/C18H28BrN3O3.C18H22N4/c1-11(2)9-15(22(6)17(24)25-18(3,4)5)16(23)21-14-8-7-12(19)10-13(14)20;1-12(2)10-17(19-3)18-21-15-5-4-14(11-16(15)22-18)13-6-8-20-9-7-13/h7-8,10-11,15H,9,20H2,1-6H3,(H,21,23);4-9,11-12,17,19H,10H2,1-3H3,(H,21,22)/t15-;17-/m11/s1. The fourth-order valence-electron chi connectivity index (χ4n) is 4.97. The van der Waals surface area contributed by atoms with E-state index in [-0.39, 0.29) is 17.9 Å². The van der Waals surface area contributed by atoms with Gasteiger partial charge in [0.2, 0.25) is 5.91 Å². The van der Waals surface area contributed by atoms with Crippen LogP contribution >= 0.6 is 15.9 Å². The summed E-state index contributed by atoms with van der Waals surface area (Å²) >= 11 is 3.33. The van der Waals surface area contributed by atoms with Crippen LogP contribution in [0.25, 0.3) is 22.2 Å². The Balaban J connectivity index is 0.000000257. The molecule has 0 fully saturated rings. The fourth-order valence-corrected chi connectivity index (χ4v) is 5.35. The third-order valence-corrected chi connectivity index (χ3v) is 7.81. The second-order valence-electron chi connectivity index (χ2n) is 13.5. The minimum absolute atomic E-state index is 0.225. The average Bonchev–Trinajstić information content (AvgIpc) is 3.43. The number of carbonyl (C=O) groups excluding carboxylic acids is 2. The number of hydrogen-bond acceptors (Lipinski definition) is 7. The molecule has 2 heterocycles. The minimum atomic E-state index is -0.655. The number of nitrogen functional groups attached to an aromatic ring is 1. The number of anilines is 2. The molecule has 10 nitrogen and oxygen atoms in total. The smallest absolute Gasteiger partial charge is 0.410 e. The number of imidazole rings is 1. The number of hydrogen-bond donors (Lipinski definition) is 4. The Hall–Kier alpha value is -3.96. The Kier molecular flexibility index (Phi) is 13.4. The maximum Gasteiger partial charge on any atom is 0.410 e. The van der Waals surface area contributed by atoms with Gasteiger partial charge in [0.1, 0.15) is 17.5 Å². The molecule has 5 N–H and O–H groups in total. The van der Waals surface area contributed by atoms with Crippen LogP contribution in [0.1, 0.15) is 73.2 Å². The van der Waals surface area contributed by atoms with Crippen LogP contribution in [0, 0.1) is 11.8 Å². The number of pyridine rings is 1. The van der Waals surface area contributed by atoms with E-state index in [1.807, 2.05) is 45.4 Å². The number of ether oxygens (including phenoxy) is 1. The molecular formula is C36H50BrN7O3. The molecule has 254 valence electrons. The first-order valence-electron chi connectivity index (χ1n) is 16.0. The number of likely N-dealkylation sites (N-methyl/N-ethyl adjacent to an activating group) is 1. The molecule has 47 heavy (non-hydrogen) atoms. The quantitative estimate of drug-likeness (QED) is 0.122. The first-order valence-corrected chi connectivity index (χ1v) is 16.8. The van der Waals surface area contributed by atoms with Crippen LogP contribution in [-0.2, 0) is 9.53 Å². The average molecular weight is 709 g/mol. The first kappa shape index (κ1) is 37.5. The van der Waals surface area contributed by atoms with Crippen LogP contribution < -0.4 is 16.4 Å². The van der Waals surface area contributed by atoms with Gasteiger partial charge in [0.05, 0.1) is 28.5 Å². The Morgan fingerprint density at radius 2 is 1.64 bits per heavy atom. The molecule has 2 aromatic carbocycles. The molecule has 0 aliphatic rings. The van der Waals surface area contributed by atoms with Crippen LogP contribution in [0.3, 0.4) is 0 Å². The number of aromatic amines is 1. The van der Waals surface area contributed by atoms with E-state index in [2.05, 4.69) is 68.6 Å². The number of carbonyl (C=O) groups is 2. The van der Waals surface area contributed by atoms with Crippen molar-refractivity contribution < 1.29 is 14.3 Å². The van der Waals surface area contributed by atoms with Crippen LogP contribution in [-0.4, -0.2) is 57.6 Å². The molecule has 0 bridgehead atoms. The summed E-state index contributed by atoms with van der Waals surface area (Å²) in [7, 11) is 3.56. The Morgan fingerprint density at radius 1 is 0.979 bits per heavy atom. The van der Waals surface area contributed by atoms with Crippen LogP contribution in [0.5, 0.6) is 0 Å². The molecule has 2 aromatic heterocycles. The lowest BCUT2D eigenvalue weighted by molar-refractivity contribution is -0.121. The van der Waals surface area contributed by atoms with E-state index < -0.39 is 17.7 Å². The van der Waals surface area contributed by atoms with Gasteiger partial charge in [-0.25, -0.2) is 9.78 Å². The minimum Gasteiger partial charge on any atom is -0.444 e. The monoisotopic (exact) mass is 707 g/mol. The highest BCUT2D eigenvalue weighted by Crippen LogP contribution is 2.27. The fraction of sp³-hybridized carbons (Fsp3) is 0.444. The molecule has 0 spiro atoms. The number of nitrogens with two attached hydrogens (primary N) is 1. The summed E-state index contributed by atoms with van der Waals surface area (Å²) in [6.07, 6.45) is 4.68. The maximum absolute atomic E-state index is 12.8. The highest BCUT2D eigenvalue weighted by molar-refractivity contribution is 9.10. The molecule has 4 aromatic rings. The van der Waals surface area contributed by atoms with E-state index in [4.69, 9.17) is 15.5 Å². The van der Waals surface area contributed by atoms with E-state index in [1.54, 1.807) is 46.0 Å². The summed E-state index contributed by atoms with van der Waals surface area (Å²) in [6, 6.07) is 15.2. The predicted molar refractivity (Wildman–Crippen MR) is 195 cm³/mol. The zero-order chi connectivity index (χ0) is 34.9. The summed E-state index contributed by atoms with van der Waals surface area (Å²) < 4.78 is 6.20. The van der Waals surface area contributed by atoms with E-state index in [0.717, 1.165) is 27.8 Å². The number of aromatic nitrogens is 3. The van der Waals surface area contributed by atoms with E-state index in [1.165, 1.54) is 16.0 Å². The molecule has 0 aliphatic carbocycles. The molecule has 2 atom stereocenters. The van der Waals surface area contributed by atoms with Gasteiger partial charge in [-0.2, -0.15) is 0 Å². The zero-order valence-electron chi connectivity index (χ0n) is 29.0. The van der Waals surface area contributed by atoms with Crippen molar-refractivity contribution in [2.75, 3.05) is 25.1 Å². The van der Waals surface area contributed by atoms with Gasteiger partial charge >= 0.3 is 6.09 Å². The van der Waals surface area contributed by atoms with Gasteiger partial charge in [-0.1, -0.05) is 49.7 Å². The van der Waals surface area contributed by atoms with Gasteiger partial charge in [0.25, 0.3) is 0 Å². The second kappa shape index (κ2) is 16.7. The molecule has 0 aliphatic heterocycles. The van der Waals surface area contributed by atoms with Crippen molar-refractivity contribution in [2.24, 2.45) is 11.8 Å². The SMILES string of the molecule is CC(C)C[C@H](C(=O)Nc1ccc(Br)cc1N)N(C)C(=O)OC(C)(C)C.CN[C@H](CC(C)C)c1nc2ccc(-c3ccncc3)cc2[nH]1. The molecule has 0 saturated heterocycles. The van der Waals surface area contributed by atoms with Gasteiger partial charge < -0.3 is 26.1 Å². The van der Waals surface area contributed by atoms with E-state index in [0.29, 0.717) is 23.7 Å². The summed E-state index contributed by atoms with van der Waals surface area (Å²) in [5.74, 6) is 1.56. The lowest BCUT2D eigenvalue weighted by Gasteiger charge is -2.31. The van der Waals surface area contributed by atoms with E-state index >= 15 is 0 Å². The number of halogens is 1. The topological polar surface area (TPSA) is 138 Å². The number of nitrogens with one attached hydrogen (secondary N) is 3. The molecule has 11 heteroatoms. The van der Waals surface area contributed by atoms with Crippen molar-refractivity contribution in [1.29, 1.82) is 0 Å². The van der Waals surface area contributed by atoms with Crippen LogP contribution in [0.4, 0.5) is 16.2 Å². The first-order chi connectivity index (χ1) is 22.1. The number of benzene rings is 2. The molecular weight excluding hydrogens is 658 g/mol. The van der Waals surface area contributed by atoms with Crippen molar-refractivity contribution >= 4 is 50.3 Å². The summed E-state index contributed by atoms with van der Waals surface area (Å²) in [4.78, 5) is 38.7. The largest absolute Gasteiger partial charge is 0.444 e. The lowest BCUT2D eigenvalue weighted by atomic mass is 10.0. The van der Waals surface area contributed by atoms with Crippen LogP contribution in [0.2, 0.25) is 0 Å². The number of H-pyrrole nitrogens is 1. The highest BCUT2D eigenvalue weighted by atomic mass is 79.9. The third-order valence-electron chi connectivity index (χ3n) is 7.32. The van der Waals surface area contributed by atoms with Crippen LogP contribution in [0.15, 0.2) is 65.4 Å². The molecule has 0 unspecified atom stereocenters. The third kappa shape index (κ3) is 11.4. The molecule has 4 rings (SSSR count). The Labute approximate surface area is 287 Å². The summed E-state index contributed by atoms with van der Waals surface area (Å²) in [6.45, 7) is 13.8. The highest BCUT2D eigenvalue weighted by Gasteiger charge is 2.31. The van der Waals surface area contributed by atoms with Crippen molar-refractivity contribution in [3.63, 3.8) is 0 Å². The maximum atomic E-state index is 12.8. The molecule has 0 saturated carbocycles. The number of fused-ring (bicyclic) bond motifs is 1. The predicted octanol–water partition coefficient (Wildman–Crippen LogP) is 8.18. The van der Waals surface area contributed by atoms with Gasteiger partial charge in [0, 0.05) is 23.9 Å². The lowest BCUT2D eigenvalue weighted by Crippen LogP contribution is -2.47. The number of rotatable bonds is 10. The second-order valence-corrected chi connectivity index (χ2v) is 14.4. The van der Waals surface area contributed by atoms with Gasteiger partial charge in [-0.15, -0.1) is 0 Å². The molecule has 2 amide bonds. The Bertz CT molecular complexity index is 1620. The number of amides is 2. The normalized spacial score (nSPS) is 12.8. The van der Waals surface area contributed by atoms with Gasteiger partial charge in [0.15, 0.2) is 0 Å². The zero-order valence-corrected chi connectivity index (χ0v) is 30.6. The Morgan fingerprint density at radius 3 is 2.21 bits per heavy atom. The van der Waals surface area contributed by atoms with Gasteiger partial charge in [-0.3, -0.25) is 14.7 Å². The number of nitrogens with zero attached hydrogens (tertiary/aromatic N) is 3. The van der Waals surface area contributed by atoms with Crippen molar-refractivity contribution in [2.45, 2.75) is 79.0 Å². The van der Waals surface area contributed by atoms with Crippen molar-refractivity contribution in [3.8, 4) is 11.1 Å². The summed E-state index contributed by atoms with van der Waals surface area (Å²) in [5.41, 5.74) is 10.7. The van der Waals surface area contributed by atoms with Crippen molar-refractivity contribution in [1.82, 2.24) is 25.2 Å². The summed E-state index contributed by atoms with van der Waals surface area (Å²) in [5, 5.41) is 6.16.